The summed E-state index contributed by atoms with van der Waals surface area (Å²) in [6, 6.07) is 41.6. The number of aryl methyl sites for hydroxylation is 2. The topological polar surface area (TPSA) is 146 Å². The highest BCUT2D eigenvalue weighted by atomic mass is 32.2. The monoisotopic (exact) mass is 1150 g/mol. The molecule has 8 aromatic rings. The van der Waals surface area contributed by atoms with Gasteiger partial charge in [-0.15, -0.1) is 22.7 Å². The Morgan fingerprint density at radius 3 is 1.21 bits per heavy atom. The number of thioether (sulfide) groups is 2. The molecule has 0 radical (unpaired) electrons. The van der Waals surface area contributed by atoms with E-state index in [0.29, 0.717) is 53.3 Å². The number of rotatable bonds is 21. The molecule has 2 fully saturated rings. The molecule has 4 atom stereocenters. The van der Waals surface area contributed by atoms with E-state index in [-0.39, 0.29) is 11.8 Å². The molecule has 0 saturated carbocycles. The molecule has 20 heteroatoms. The molecule has 0 spiro atoms. The third kappa shape index (κ3) is 11.5. The summed E-state index contributed by atoms with van der Waals surface area (Å²) in [4.78, 5) is 42.2. The Morgan fingerprint density at radius 1 is 0.487 bits per heavy atom. The molecule has 2 saturated heterocycles. The summed E-state index contributed by atoms with van der Waals surface area (Å²) in [5.41, 5.74) is 8.65. The fraction of sp³-hybridized carbons (Fsp3) is 0.207. The highest BCUT2D eigenvalue weighted by Gasteiger charge is 2.45. The normalized spacial score (nSPS) is 16.0. The fourth-order valence-corrected chi connectivity index (χ4v) is 13.9. The molecule has 4 heterocycles. The predicted molar refractivity (Wildman–Crippen MR) is 323 cm³/mol. The van der Waals surface area contributed by atoms with Crippen LogP contribution < -0.4 is 48.9 Å². The van der Waals surface area contributed by atoms with Crippen LogP contribution in [0.4, 0.5) is 21.6 Å². The molecule has 2 aliphatic heterocycles. The van der Waals surface area contributed by atoms with Gasteiger partial charge < -0.3 is 39.1 Å². The minimum atomic E-state index is -0.625. The Hall–Kier alpha value is -7.20. The summed E-state index contributed by atoms with van der Waals surface area (Å²) >= 11 is 17.5. The smallest absolute Gasteiger partial charge is 0.248 e. The summed E-state index contributed by atoms with van der Waals surface area (Å²) in [6.45, 7) is 0. The van der Waals surface area contributed by atoms with Crippen LogP contribution in [0.5, 0.6) is 34.5 Å². The van der Waals surface area contributed by atoms with Gasteiger partial charge in [0.15, 0.2) is 33.3 Å². The van der Waals surface area contributed by atoms with E-state index in [1.165, 1.54) is 46.2 Å². The van der Waals surface area contributed by atoms with Crippen molar-refractivity contribution < 1.29 is 38.0 Å². The SMILES string of the molecule is COc1ccc(-c2csc(NC(c3ccc(OC)c(OC)c3)C3SC(=S)N(c4ccc(CCc5ccc(N6C(=O)C(C(Nc7nc(-c8ccc(OC)cc8)cs7)c7ccc(OC)c(OC)c7)SC6=S)cc5)cc4)C3=O)n2)cc1. The average molecular weight is 1150 g/mol. The predicted octanol–water partition coefficient (Wildman–Crippen LogP) is 12.9. The Bertz CT molecular complexity index is 3240. The molecule has 2 aromatic heterocycles. The van der Waals surface area contributed by atoms with Crippen molar-refractivity contribution in [3.05, 3.63) is 166 Å². The van der Waals surface area contributed by atoms with E-state index in [2.05, 4.69) is 10.6 Å². The zero-order valence-corrected chi connectivity index (χ0v) is 48.0. The number of anilines is 4. The summed E-state index contributed by atoms with van der Waals surface area (Å²) in [6.07, 6.45) is 1.48. The van der Waals surface area contributed by atoms with E-state index in [1.807, 2.05) is 144 Å². The molecular formula is C58H52N6O8S6. The third-order valence-corrected chi connectivity index (χ3v) is 18.0. The standard InChI is InChI=1S/C58H52N6O8S6/c1-67-41-23-13-35(14-24-41)43-31-75-55(59-43)61-49(37-17-27-45(69-3)47(29-37)71-5)51-53(65)63(57(73)77-51)39-19-9-33(10-20-39)7-8-34-11-21-40(22-12-34)64-54(66)52(78-58(64)74)50(38-18-28-46(70-4)48(30-38)72-6)62-56-60-44(32-76-56)36-15-25-42(68-2)26-16-36/h9-32,49-52H,7-8H2,1-6H3,(H,59,61)(H,60,62). The zero-order valence-electron chi connectivity index (χ0n) is 43.1. The van der Waals surface area contributed by atoms with Crippen LogP contribution in [0, 0.1) is 0 Å². The van der Waals surface area contributed by atoms with Crippen LogP contribution in [-0.4, -0.2) is 83.6 Å². The van der Waals surface area contributed by atoms with Gasteiger partial charge in [-0.25, -0.2) is 9.97 Å². The second-order valence-electron chi connectivity index (χ2n) is 17.8. The number of carbonyl (C=O) groups is 2. The van der Waals surface area contributed by atoms with Crippen LogP contribution in [0.2, 0.25) is 0 Å². The number of carbonyl (C=O) groups excluding carboxylic acids is 2. The van der Waals surface area contributed by atoms with Gasteiger partial charge in [-0.3, -0.25) is 19.4 Å². The van der Waals surface area contributed by atoms with Crippen LogP contribution in [0.1, 0.15) is 34.3 Å². The minimum Gasteiger partial charge on any atom is -0.497 e. The van der Waals surface area contributed by atoms with Crippen LogP contribution in [-0.2, 0) is 22.4 Å². The summed E-state index contributed by atoms with van der Waals surface area (Å²) < 4.78 is 34.0. The Labute approximate surface area is 479 Å². The van der Waals surface area contributed by atoms with E-state index >= 15 is 0 Å². The number of hydrogen-bond acceptors (Lipinski definition) is 18. The van der Waals surface area contributed by atoms with E-state index in [9.17, 15) is 9.59 Å². The molecule has 0 bridgehead atoms. The van der Waals surface area contributed by atoms with Gasteiger partial charge in [0, 0.05) is 21.9 Å². The Kier molecular flexibility index (Phi) is 16.8. The number of amides is 2. The van der Waals surface area contributed by atoms with Gasteiger partial charge in [0.2, 0.25) is 11.8 Å². The molecular weight excluding hydrogens is 1100 g/mol. The van der Waals surface area contributed by atoms with Crippen molar-refractivity contribution in [2.75, 3.05) is 63.1 Å². The van der Waals surface area contributed by atoms with Crippen LogP contribution >= 0.6 is 70.6 Å². The number of nitrogens with zero attached hydrogens (tertiary/aromatic N) is 4. The van der Waals surface area contributed by atoms with Crippen molar-refractivity contribution in [3.8, 4) is 57.0 Å². The number of benzene rings is 6. The van der Waals surface area contributed by atoms with Crippen molar-refractivity contribution in [2.45, 2.75) is 35.4 Å². The van der Waals surface area contributed by atoms with Gasteiger partial charge in [0.05, 0.1) is 77.5 Å². The quantitative estimate of drug-likeness (QED) is 0.0657. The number of ether oxygens (including phenoxy) is 6. The highest BCUT2D eigenvalue weighted by Crippen LogP contribution is 2.45. The maximum Gasteiger partial charge on any atom is 0.248 e. The first-order valence-corrected chi connectivity index (χ1v) is 28.8. The Balaban J connectivity index is 0.811. The lowest BCUT2D eigenvalue weighted by molar-refractivity contribution is -0.117. The van der Waals surface area contributed by atoms with Gasteiger partial charge in [-0.2, -0.15) is 0 Å². The van der Waals surface area contributed by atoms with E-state index in [1.54, 1.807) is 52.5 Å². The molecule has 2 amide bonds. The number of methoxy groups -OCH3 is 6. The largest absolute Gasteiger partial charge is 0.497 e. The third-order valence-electron chi connectivity index (χ3n) is 13.3. The molecule has 10 rings (SSSR count). The number of aromatic nitrogens is 2. The van der Waals surface area contributed by atoms with Gasteiger partial charge in [0.1, 0.15) is 30.6 Å². The maximum absolute atomic E-state index is 14.6. The first kappa shape index (κ1) is 54.2. The van der Waals surface area contributed by atoms with Gasteiger partial charge in [0.25, 0.3) is 0 Å². The van der Waals surface area contributed by atoms with E-state index in [4.69, 9.17) is 62.8 Å². The molecule has 2 N–H and O–H groups in total. The summed E-state index contributed by atoms with van der Waals surface area (Å²) in [7, 11) is 9.62. The molecule has 398 valence electrons. The number of nitrogens with one attached hydrogen (secondary N) is 2. The number of hydrogen-bond donors (Lipinski definition) is 2. The summed E-state index contributed by atoms with van der Waals surface area (Å²) in [5.74, 6) is 3.45. The second-order valence-corrected chi connectivity index (χ2v) is 23.1. The lowest BCUT2D eigenvalue weighted by atomic mass is 10.0. The lowest BCUT2D eigenvalue weighted by Crippen LogP contribution is -2.36. The fourth-order valence-electron chi connectivity index (χ4n) is 9.15. The molecule has 0 aliphatic carbocycles. The average Bonchev–Trinajstić information content (AvgIpc) is 4.30. The second kappa shape index (κ2) is 24.2. The van der Waals surface area contributed by atoms with Gasteiger partial charge >= 0.3 is 0 Å². The first-order chi connectivity index (χ1) is 38.0. The van der Waals surface area contributed by atoms with E-state index < -0.39 is 22.6 Å². The highest BCUT2D eigenvalue weighted by molar-refractivity contribution is 8.25. The van der Waals surface area contributed by atoms with Crippen molar-refractivity contribution >= 4 is 113 Å². The Morgan fingerprint density at radius 2 is 0.859 bits per heavy atom. The zero-order chi connectivity index (χ0) is 54.5. The molecule has 6 aromatic carbocycles. The van der Waals surface area contributed by atoms with E-state index in [0.717, 1.165) is 69.1 Å². The van der Waals surface area contributed by atoms with Crippen LogP contribution in [0.3, 0.4) is 0 Å². The number of thiocarbonyl (C=S) groups is 2. The van der Waals surface area contributed by atoms with Crippen molar-refractivity contribution in [2.24, 2.45) is 0 Å². The minimum absolute atomic E-state index is 0.149. The maximum atomic E-state index is 14.6. The summed E-state index contributed by atoms with van der Waals surface area (Å²) in [5, 5.41) is 11.2. The lowest BCUT2D eigenvalue weighted by Gasteiger charge is -2.24. The van der Waals surface area contributed by atoms with Crippen molar-refractivity contribution in [1.29, 1.82) is 0 Å². The van der Waals surface area contributed by atoms with Gasteiger partial charge in [-0.1, -0.05) is 84.4 Å². The van der Waals surface area contributed by atoms with Crippen molar-refractivity contribution in [3.63, 3.8) is 0 Å². The molecule has 78 heavy (non-hydrogen) atoms. The van der Waals surface area contributed by atoms with Crippen LogP contribution in [0.25, 0.3) is 22.5 Å². The van der Waals surface area contributed by atoms with Crippen LogP contribution in [0.15, 0.2) is 144 Å². The first-order valence-electron chi connectivity index (χ1n) is 24.4. The molecule has 14 nitrogen and oxygen atoms in total. The number of thiazole rings is 2. The molecule has 4 unspecified atom stereocenters. The molecule has 2 aliphatic rings. The van der Waals surface area contributed by atoms with Gasteiger partial charge in [-0.05, 0) is 132 Å². The van der Waals surface area contributed by atoms with Crippen molar-refractivity contribution in [1.82, 2.24) is 9.97 Å².